The summed E-state index contributed by atoms with van der Waals surface area (Å²) in [7, 11) is 0. The molecule has 0 aliphatic carbocycles. The summed E-state index contributed by atoms with van der Waals surface area (Å²) in [5.41, 5.74) is 0.527. The summed E-state index contributed by atoms with van der Waals surface area (Å²) in [6.07, 6.45) is 2.79. The van der Waals surface area contributed by atoms with Crippen LogP contribution >= 0.6 is 12.4 Å². The smallest absolute Gasteiger partial charge is 0.241 e. The molecule has 7 heteroatoms. The molecule has 2 rings (SSSR count). The Labute approximate surface area is 129 Å². The normalized spacial score (nSPS) is 17.5. The number of carbonyl (C=O) groups excluding carboxylic acids is 2. The molecule has 0 unspecified atom stereocenters. The molecule has 0 spiro atoms. The number of amides is 2. The van der Waals surface area contributed by atoms with Crippen molar-refractivity contribution in [3.8, 4) is 0 Å². The van der Waals surface area contributed by atoms with Gasteiger partial charge in [-0.25, -0.2) is 4.39 Å². The number of nitrogens with one attached hydrogen (secondary N) is 3. The van der Waals surface area contributed by atoms with Gasteiger partial charge in [-0.2, -0.15) is 0 Å². The molecule has 3 N–H and O–H groups in total. The van der Waals surface area contributed by atoms with Crippen molar-refractivity contribution in [1.29, 1.82) is 0 Å². The van der Waals surface area contributed by atoms with E-state index in [2.05, 4.69) is 16.0 Å². The van der Waals surface area contributed by atoms with E-state index < -0.39 is 5.82 Å². The Morgan fingerprint density at radius 2 is 2.05 bits per heavy atom. The SMILES string of the molecule is CC(=O)Nc1ccc(F)c(NC(=O)[C@H]2CCCCN2)c1.Cl. The molecule has 1 atom stereocenters. The lowest BCUT2D eigenvalue weighted by Crippen LogP contribution is -2.43. The number of rotatable bonds is 3. The lowest BCUT2D eigenvalue weighted by atomic mass is 10.0. The van der Waals surface area contributed by atoms with Crippen molar-refractivity contribution in [3.05, 3.63) is 24.0 Å². The third-order valence-electron chi connectivity index (χ3n) is 3.17. The molecule has 0 saturated carbocycles. The summed E-state index contributed by atoms with van der Waals surface area (Å²) in [5, 5.41) is 8.22. The minimum absolute atomic E-state index is 0. The van der Waals surface area contributed by atoms with E-state index in [1.165, 1.54) is 25.1 Å². The lowest BCUT2D eigenvalue weighted by Gasteiger charge is -2.22. The van der Waals surface area contributed by atoms with Gasteiger partial charge in [0, 0.05) is 12.6 Å². The quantitative estimate of drug-likeness (QED) is 0.801. The van der Waals surface area contributed by atoms with Gasteiger partial charge in [0.15, 0.2) is 0 Å². The first kappa shape index (κ1) is 17.4. The van der Waals surface area contributed by atoms with Crippen LogP contribution in [0.25, 0.3) is 0 Å². The van der Waals surface area contributed by atoms with E-state index in [4.69, 9.17) is 0 Å². The molecule has 1 aliphatic rings. The maximum atomic E-state index is 13.7. The molecule has 116 valence electrons. The van der Waals surface area contributed by atoms with Gasteiger partial charge in [-0.05, 0) is 37.6 Å². The summed E-state index contributed by atoms with van der Waals surface area (Å²) >= 11 is 0. The van der Waals surface area contributed by atoms with E-state index in [-0.39, 0.29) is 36.0 Å². The highest BCUT2D eigenvalue weighted by Gasteiger charge is 2.21. The van der Waals surface area contributed by atoms with Crippen molar-refractivity contribution in [3.63, 3.8) is 0 Å². The van der Waals surface area contributed by atoms with Crippen LogP contribution in [0.15, 0.2) is 18.2 Å². The number of halogens is 2. The molecule has 1 aliphatic heterocycles. The Morgan fingerprint density at radius 1 is 1.29 bits per heavy atom. The molecule has 1 saturated heterocycles. The van der Waals surface area contributed by atoms with Crippen LogP contribution in [0, 0.1) is 5.82 Å². The zero-order chi connectivity index (χ0) is 14.5. The first-order valence-corrected chi connectivity index (χ1v) is 6.67. The Balaban J connectivity index is 0.00000220. The van der Waals surface area contributed by atoms with Crippen LogP contribution in [0.2, 0.25) is 0 Å². The fourth-order valence-electron chi connectivity index (χ4n) is 2.20. The molecule has 21 heavy (non-hydrogen) atoms. The summed E-state index contributed by atoms with van der Waals surface area (Å²) < 4.78 is 13.7. The fourth-order valence-corrected chi connectivity index (χ4v) is 2.20. The van der Waals surface area contributed by atoms with Crippen molar-refractivity contribution in [2.75, 3.05) is 17.2 Å². The monoisotopic (exact) mass is 315 g/mol. The van der Waals surface area contributed by atoms with E-state index in [0.29, 0.717) is 5.69 Å². The van der Waals surface area contributed by atoms with Gasteiger partial charge in [0.1, 0.15) is 5.82 Å². The minimum Gasteiger partial charge on any atom is -0.326 e. The highest BCUT2D eigenvalue weighted by molar-refractivity contribution is 5.96. The fraction of sp³-hybridized carbons (Fsp3) is 0.429. The Hall–Kier alpha value is -1.66. The van der Waals surface area contributed by atoms with Gasteiger partial charge in [0.05, 0.1) is 11.7 Å². The highest BCUT2D eigenvalue weighted by Crippen LogP contribution is 2.20. The molecular weight excluding hydrogens is 297 g/mol. The molecule has 1 heterocycles. The number of benzene rings is 1. The molecule has 5 nitrogen and oxygen atoms in total. The van der Waals surface area contributed by atoms with Crippen LogP contribution in [-0.4, -0.2) is 24.4 Å². The molecule has 0 bridgehead atoms. The van der Waals surface area contributed by atoms with Crippen molar-refractivity contribution in [1.82, 2.24) is 5.32 Å². The van der Waals surface area contributed by atoms with Gasteiger partial charge in [-0.1, -0.05) is 6.42 Å². The van der Waals surface area contributed by atoms with Crippen LogP contribution in [0.4, 0.5) is 15.8 Å². The topological polar surface area (TPSA) is 70.2 Å². The van der Waals surface area contributed by atoms with E-state index in [1.807, 2.05) is 0 Å². The minimum atomic E-state index is -0.525. The average molecular weight is 316 g/mol. The van der Waals surface area contributed by atoms with E-state index in [9.17, 15) is 14.0 Å². The molecule has 2 amide bonds. The predicted octanol–water partition coefficient (Wildman–Crippen LogP) is 2.29. The lowest BCUT2D eigenvalue weighted by molar-refractivity contribution is -0.118. The number of carbonyl (C=O) groups is 2. The second-order valence-electron chi connectivity index (χ2n) is 4.87. The average Bonchev–Trinajstić information content (AvgIpc) is 2.43. The Morgan fingerprint density at radius 3 is 2.67 bits per heavy atom. The first-order valence-electron chi connectivity index (χ1n) is 6.67. The summed E-state index contributed by atoms with van der Waals surface area (Å²) in [4.78, 5) is 23.0. The molecule has 0 radical (unpaired) electrons. The Bertz CT molecular complexity index is 519. The summed E-state index contributed by atoms with van der Waals surface area (Å²) in [6, 6.07) is 3.80. The third-order valence-corrected chi connectivity index (χ3v) is 3.17. The third kappa shape index (κ3) is 4.99. The van der Waals surface area contributed by atoms with Crippen LogP contribution in [0.3, 0.4) is 0 Å². The van der Waals surface area contributed by atoms with Gasteiger partial charge in [-0.15, -0.1) is 12.4 Å². The van der Waals surface area contributed by atoms with E-state index >= 15 is 0 Å². The molecule has 1 fully saturated rings. The molecule has 0 aromatic heterocycles. The first-order chi connectivity index (χ1) is 9.56. The van der Waals surface area contributed by atoms with Gasteiger partial charge in [0.25, 0.3) is 0 Å². The number of anilines is 2. The van der Waals surface area contributed by atoms with Gasteiger partial charge in [-0.3, -0.25) is 9.59 Å². The Kier molecular flexibility index (Phi) is 6.58. The standard InChI is InChI=1S/C14H18FN3O2.ClH/c1-9(19)17-10-5-6-11(15)13(8-10)18-14(20)12-4-2-3-7-16-12;/h5-6,8,12,16H,2-4,7H2,1H3,(H,17,19)(H,18,20);1H/t12-;/m1./s1. The van der Waals surface area contributed by atoms with Gasteiger partial charge >= 0.3 is 0 Å². The molecular formula is C14H19ClFN3O2. The zero-order valence-corrected chi connectivity index (χ0v) is 12.6. The molecule has 1 aromatic carbocycles. The number of hydrogen-bond donors (Lipinski definition) is 3. The number of hydrogen-bond acceptors (Lipinski definition) is 3. The van der Waals surface area contributed by atoms with Crippen molar-refractivity contribution < 1.29 is 14.0 Å². The van der Waals surface area contributed by atoms with Gasteiger partial charge < -0.3 is 16.0 Å². The zero-order valence-electron chi connectivity index (χ0n) is 11.7. The van der Waals surface area contributed by atoms with Crippen LogP contribution in [0.5, 0.6) is 0 Å². The summed E-state index contributed by atoms with van der Waals surface area (Å²) in [6.45, 7) is 2.17. The maximum absolute atomic E-state index is 13.7. The van der Waals surface area contributed by atoms with Crippen LogP contribution in [0.1, 0.15) is 26.2 Å². The maximum Gasteiger partial charge on any atom is 0.241 e. The van der Waals surface area contributed by atoms with Crippen LogP contribution < -0.4 is 16.0 Å². The highest BCUT2D eigenvalue weighted by atomic mass is 35.5. The second-order valence-corrected chi connectivity index (χ2v) is 4.87. The van der Waals surface area contributed by atoms with Gasteiger partial charge in [0.2, 0.25) is 11.8 Å². The van der Waals surface area contributed by atoms with Crippen LogP contribution in [-0.2, 0) is 9.59 Å². The van der Waals surface area contributed by atoms with Crippen molar-refractivity contribution in [2.24, 2.45) is 0 Å². The second kappa shape index (κ2) is 7.95. The number of piperidine rings is 1. The van der Waals surface area contributed by atoms with Crippen molar-refractivity contribution >= 4 is 35.6 Å². The summed E-state index contributed by atoms with van der Waals surface area (Å²) in [5.74, 6) is -1.02. The predicted molar refractivity (Wildman–Crippen MR) is 82.2 cm³/mol. The van der Waals surface area contributed by atoms with E-state index in [0.717, 1.165) is 25.8 Å². The largest absolute Gasteiger partial charge is 0.326 e. The van der Waals surface area contributed by atoms with E-state index in [1.54, 1.807) is 0 Å². The molecule has 1 aromatic rings. The van der Waals surface area contributed by atoms with Crippen molar-refractivity contribution in [2.45, 2.75) is 32.2 Å².